The standard InChI is InChI=1S/C12H18N2/c1-13-11-7-5-10(6-8-11)9-14-12-3-2-4-12/h5-8,12-14H,2-4,9H2,1H3. The molecule has 1 aliphatic carbocycles. The minimum atomic E-state index is 0.777. The van der Waals surface area contributed by atoms with Gasteiger partial charge in [0.1, 0.15) is 0 Å². The van der Waals surface area contributed by atoms with Crippen LogP contribution in [0.3, 0.4) is 0 Å². The summed E-state index contributed by atoms with van der Waals surface area (Å²) in [5.74, 6) is 0. The first kappa shape index (κ1) is 9.53. The van der Waals surface area contributed by atoms with Crippen molar-refractivity contribution in [3.63, 3.8) is 0 Å². The van der Waals surface area contributed by atoms with E-state index in [0.29, 0.717) is 0 Å². The molecule has 0 saturated heterocycles. The SMILES string of the molecule is CNc1ccc(CNC2CCC2)cc1. The number of anilines is 1. The van der Waals surface area contributed by atoms with Gasteiger partial charge in [0.15, 0.2) is 0 Å². The zero-order chi connectivity index (χ0) is 9.80. The van der Waals surface area contributed by atoms with Gasteiger partial charge >= 0.3 is 0 Å². The van der Waals surface area contributed by atoms with Crippen molar-refractivity contribution in [1.82, 2.24) is 5.32 Å². The molecule has 2 rings (SSSR count). The predicted octanol–water partition coefficient (Wildman–Crippen LogP) is 2.37. The van der Waals surface area contributed by atoms with Gasteiger partial charge in [-0.1, -0.05) is 18.6 Å². The van der Waals surface area contributed by atoms with E-state index in [1.165, 1.54) is 30.5 Å². The van der Waals surface area contributed by atoms with Crippen LogP contribution in [0.25, 0.3) is 0 Å². The molecule has 2 nitrogen and oxygen atoms in total. The van der Waals surface area contributed by atoms with Crippen LogP contribution < -0.4 is 10.6 Å². The Hall–Kier alpha value is -1.02. The average molecular weight is 190 g/mol. The van der Waals surface area contributed by atoms with Crippen molar-refractivity contribution >= 4 is 5.69 Å². The van der Waals surface area contributed by atoms with Gasteiger partial charge in [-0.05, 0) is 30.5 Å². The topological polar surface area (TPSA) is 24.1 Å². The van der Waals surface area contributed by atoms with E-state index in [0.717, 1.165) is 12.6 Å². The number of rotatable bonds is 4. The van der Waals surface area contributed by atoms with Crippen molar-refractivity contribution in [2.75, 3.05) is 12.4 Å². The second-order valence-electron chi connectivity index (χ2n) is 3.96. The summed E-state index contributed by atoms with van der Waals surface area (Å²) in [6.45, 7) is 1.01. The van der Waals surface area contributed by atoms with Crippen LogP contribution in [0.2, 0.25) is 0 Å². The highest BCUT2D eigenvalue weighted by atomic mass is 14.9. The zero-order valence-corrected chi connectivity index (χ0v) is 8.72. The molecule has 14 heavy (non-hydrogen) atoms. The third-order valence-corrected chi connectivity index (χ3v) is 2.94. The van der Waals surface area contributed by atoms with Crippen molar-refractivity contribution in [2.45, 2.75) is 31.8 Å². The molecule has 0 bridgehead atoms. The molecule has 0 heterocycles. The summed E-state index contributed by atoms with van der Waals surface area (Å²) in [7, 11) is 1.95. The Morgan fingerprint density at radius 1 is 1.21 bits per heavy atom. The lowest BCUT2D eigenvalue weighted by Crippen LogP contribution is -2.34. The molecular formula is C12H18N2. The fourth-order valence-corrected chi connectivity index (χ4v) is 1.66. The van der Waals surface area contributed by atoms with E-state index in [9.17, 15) is 0 Å². The van der Waals surface area contributed by atoms with Gasteiger partial charge in [0.2, 0.25) is 0 Å². The van der Waals surface area contributed by atoms with Gasteiger partial charge in [-0.3, -0.25) is 0 Å². The molecule has 0 unspecified atom stereocenters. The second kappa shape index (κ2) is 4.47. The lowest BCUT2D eigenvalue weighted by Gasteiger charge is -2.26. The molecule has 0 radical (unpaired) electrons. The Morgan fingerprint density at radius 2 is 1.93 bits per heavy atom. The highest BCUT2D eigenvalue weighted by Gasteiger charge is 2.15. The molecule has 2 heteroatoms. The molecule has 0 aromatic heterocycles. The minimum Gasteiger partial charge on any atom is -0.388 e. The Kier molecular flexibility index (Phi) is 3.04. The Bertz CT molecular complexity index is 275. The normalized spacial score (nSPS) is 16.4. The number of nitrogens with one attached hydrogen (secondary N) is 2. The third kappa shape index (κ3) is 2.26. The van der Waals surface area contributed by atoms with E-state index < -0.39 is 0 Å². The van der Waals surface area contributed by atoms with Crippen molar-refractivity contribution in [1.29, 1.82) is 0 Å². The van der Waals surface area contributed by atoms with Gasteiger partial charge in [-0.25, -0.2) is 0 Å². The molecule has 0 amide bonds. The first-order valence-electron chi connectivity index (χ1n) is 5.38. The molecule has 0 spiro atoms. The van der Waals surface area contributed by atoms with Crippen molar-refractivity contribution in [3.8, 4) is 0 Å². The molecular weight excluding hydrogens is 172 g/mol. The first-order chi connectivity index (χ1) is 6.88. The van der Waals surface area contributed by atoms with Crippen LogP contribution >= 0.6 is 0 Å². The van der Waals surface area contributed by atoms with Gasteiger partial charge in [0.25, 0.3) is 0 Å². The van der Waals surface area contributed by atoms with E-state index in [1.54, 1.807) is 0 Å². The fourth-order valence-electron chi connectivity index (χ4n) is 1.66. The maximum absolute atomic E-state index is 3.55. The van der Waals surface area contributed by atoms with Crippen molar-refractivity contribution in [2.24, 2.45) is 0 Å². The van der Waals surface area contributed by atoms with Crippen LogP contribution in [0.15, 0.2) is 24.3 Å². The molecule has 76 valence electrons. The summed E-state index contributed by atoms with van der Waals surface area (Å²) in [5.41, 5.74) is 2.55. The van der Waals surface area contributed by atoms with Gasteiger partial charge in [-0.2, -0.15) is 0 Å². The second-order valence-corrected chi connectivity index (χ2v) is 3.96. The maximum Gasteiger partial charge on any atom is 0.0337 e. The van der Waals surface area contributed by atoms with Crippen molar-refractivity contribution < 1.29 is 0 Å². The van der Waals surface area contributed by atoms with Crippen LogP contribution in [0.5, 0.6) is 0 Å². The number of hydrogen-bond acceptors (Lipinski definition) is 2. The monoisotopic (exact) mass is 190 g/mol. The van der Waals surface area contributed by atoms with Crippen LogP contribution in [0.1, 0.15) is 24.8 Å². The van der Waals surface area contributed by atoms with Gasteiger partial charge in [0, 0.05) is 25.3 Å². The smallest absolute Gasteiger partial charge is 0.0337 e. The molecule has 1 saturated carbocycles. The van der Waals surface area contributed by atoms with E-state index in [4.69, 9.17) is 0 Å². The highest BCUT2D eigenvalue weighted by molar-refractivity contribution is 5.43. The summed E-state index contributed by atoms with van der Waals surface area (Å²) in [6, 6.07) is 9.38. The third-order valence-electron chi connectivity index (χ3n) is 2.94. The molecule has 1 aromatic carbocycles. The van der Waals surface area contributed by atoms with Gasteiger partial charge < -0.3 is 10.6 Å². The number of hydrogen-bond donors (Lipinski definition) is 2. The minimum absolute atomic E-state index is 0.777. The Balaban J connectivity index is 1.83. The molecule has 0 aliphatic heterocycles. The van der Waals surface area contributed by atoms with Crippen LogP contribution in [-0.2, 0) is 6.54 Å². The molecule has 2 N–H and O–H groups in total. The first-order valence-corrected chi connectivity index (χ1v) is 5.38. The predicted molar refractivity (Wildman–Crippen MR) is 60.5 cm³/mol. The zero-order valence-electron chi connectivity index (χ0n) is 8.72. The van der Waals surface area contributed by atoms with E-state index in [1.807, 2.05) is 7.05 Å². The summed E-state index contributed by atoms with van der Waals surface area (Å²) in [5, 5.41) is 6.67. The van der Waals surface area contributed by atoms with Gasteiger partial charge in [-0.15, -0.1) is 0 Å². The highest BCUT2D eigenvalue weighted by Crippen LogP contribution is 2.18. The summed E-state index contributed by atoms with van der Waals surface area (Å²) >= 11 is 0. The lowest BCUT2D eigenvalue weighted by molar-refractivity contribution is 0.338. The molecule has 0 atom stereocenters. The van der Waals surface area contributed by atoms with Crippen LogP contribution in [0.4, 0.5) is 5.69 Å². The summed E-state index contributed by atoms with van der Waals surface area (Å²) < 4.78 is 0. The summed E-state index contributed by atoms with van der Waals surface area (Å²) in [6.07, 6.45) is 4.11. The average Bonchev–Trinajstić information content (AvgIpc) is 2.16. The quantitative estimate of drug-likeness (QED) is 0.761. The van der Waals surface area contributed by atoms with E-state index in [-0.39, 0.29) is 0 Å². The van der Waals surface area contributed by atoms with E-state index in [2.05, 4.69) is 34.9 Å². The summed E-state index contributed by atoms with van der Waals surface area (Å²) in [4.78, 5) is 0. The van der Waals surface area contributed by atoms with Crippen LogP contribution in [-0.4, -0.2) is 13.1 Å². The van der Waals surface area contributed by atoms with E-state index >= 15 is 0 Å². The Morgan fingerprint density at radius 3 is 2.43 bits per heavy atom. The maximum atomic E-state index is 3.55. The molecule has 1 aliphatic rings. The molecule has 1 fully saturated rings. The fraction of sp³-hybridized carbons (Fsp3) is 0.500. The van der Waals surface area contributed by atoms with Crippen molar-refractivity contribution in [3.05, 3.63) is 29.8 Å². The van der Waals surface area contributed by atoms with Gasteiger partial charge in [0.05, 0.1) is 0 Å². The van der Waals surface area contributed by atoms with Crippen LogP contribution in [0, 0.1) is 0 Å². The lowest BCUT2D eigenvalue weighted by atomic mass is 9.93. The largest absolute Gasteiger partial charge is 0.388 e. The Labute approximate surface area is 85.7 Å². The molecule has 1 aromatic rings. The number of benzene rings is 1.